The molecule has 0 aromatic heterocycles. The highest BCUT2D eigenvalue weighted by Crippen LogP contribution is 2.27. The third-order valence-corrected chi connectivity index (χ3v) is 6.57. The molecule has 0 unspecified atom stereocenters. The van der Waals surface area contributed by atoms with Gasteiger partial charge in [-0.15, -0.1) is 0 Å². The zero-order chi connectivity index (χ0) is 24.8. The first-order valence-corrected chi connectivity index (χ1v) is 12.2. The minimum absolute atomic E-state index is 0.140. The average molecular weight is 486 g/mol. The molecule has 1 N–H and O–H groups in total. The van der Waals surface area contributed by atoms with E-state index in [2.05, 4.69) is 10.3 Å². The first kappa shape index (κ1) is 24.3. The minimum Gasteiger partial charge on any atom is -0.497 e. The molecule has 0 bridgehead atoms. The summed E-state index contributed by atoms with van der Waals surface area (Å²) < 4.78 is 5.21. The highest BCUT2D eigenvalue weighted by molar-refractivity contribution is 8.14. The summed E-state index contributed by atoms with van der Waals surface area (Å²) in [5.41, 5.74) is 5.00. The van der Waals surface area contributed by atoms with Crippen LogP contribution in [0.15, 0.2) is 83.5 Å². The Morgan fingerprint density at radius 2 is 1.69 bits per heavy atom. The summed E-state index contributed by atoms with van der Waals surface area (Å²) in [6.07, 6.45) is 1.75. The van der Waals surface area contributed by atoms with E-state index in [1.165, 1.54) is 11.8 Å². The number of ether oxygens (including phenoxy) is 1. The summed E-state index contributed by atoms with van der Waals surface area (Å²) >= 11 is 1.26. The highest BCUT2D eigenvalue weighted by atomic mass is 32.2. The van der Waals surface area contributed by atoms with Crippen LogP contribution in [0.3, 0.4) is 0 Å². The van der Waals surface area contributed by atoms with Gasteiger partial charge >= 0.3 is 0 Å². The molecule has 3 aromatic rings. The van der Waals surface area contributed by atoms with Crippen LogP contribution in [0.4, 0.5) is 5.69 Å². The molecule has 1 aliphatic rings. The maximum Gasteiger partial charge on any atom is 0.278 e. The van der Waals surface area contributed by atoms with Crippen molar-refractivity contribution in [2.24, 2.45) is 4.99 Å². The van der Waals surface area contributed by atoms with Gasteiger partial charge in [0.25, 0.3) is 5.91 Å². The second-order valence-electron chi connectivity index (χ2n) is 8.18. The molecule has 4 rings (SSSR count). The standard InChI is InChI=1S/C28H27N3O3S/c1-19-8-7-9-20(2)26(19)30-25(32)18-35-28-29-24(16-21-12-14-23(34-3)15-13-21)27(33)31(28)17-22-10-5-4-6-11-22/h4-16H,17-18H2,1-3H3,(H,30,32)/b24-16-. The summed E-state index contributed by atoms with van der Waals surface area (Å²) in [5.74, 6) is 0.545. The lowest BCUT2D eigenvalue weighted by Gasteiger charge is -2.18. The number of carbonyl (C=O) groups excluding carboxylic acids is 2. The monoisotopic (exact) mass is 485 g/mol. The number of rotatable bonds is 7. The van der Waals surface area contributed by atoms with Gasteiger partial charge in [0.2, 0.25) is 5.91 Å². The number of anilines is 1. The second kappa shape index (κ2) is 11.1. The zero-order valence-corrected chi connectivity index (χ0v) is 20.8. The third-order valence-electron chi connectivity index (χ3n) is 5.59. The number of aliphatic imine (C=N–C) groups is 1. The van der Waals surface area contributed by atoms with Crippen molar-refractivity contribution in [2.75, 3.05) is 18.2 Å². The SMILES string of the molecule is COc1ccc(/C=C2\N=C(SCC(=O)Nc3c(C)cccc3C)N(Cc3ccccc3)C2=O)cc1. The average Bonchev–Trinajstić information content (AvgIpc) is 3.15. The lowest BCUT2D eigenvalue weighted by molar-refractivity contribution is -0.123. The van der Waals surface area contributed by atoms with Crippen LogP contribution < -0.4 is 10.1 Å². The van der Waals surface area contributed by atoms with E-state index >= 15 is 0 Å². The summed E-state index contributed by atoms with van der Waals surface area (Å²) in [6.45, 7) is 4.31. The molecule has 0 atom stereocenters. The number of benzene rings is 3. The van der Waals surface area contributed by atoms with Crippen LogP contribution >= 0.6 is 11.8 Å². The fourth-order valence-corrected chi connectivity index (χ4v) is 4.52. The van der Waals surface area contributed by atoms with Gasteiger partial charge in [-0.05, 0) is 54.3 Å². The molecule has 0 saturated carbocycles. The van der Waals surface area contributed by atoms with Gasteiger partial charge in [-0.3, -0.25) is 14.5 Å². The molecule has 0 radical (unpaired) electrons. The maximum absolute atomic E-state index is 13.3. The van der Waals surface area contributed by atoms with Crippen molar-refractivity contribution in [1.29, 1.82) is 0 Å². The van der Waals surface area contributed by atoms with Crippen LogP contribution in [0.2, 0.25) is 0 Å². The molecule has 0 aliphatic carbocycles. The van der Waals surface area contributed by atoms with E-state index in [4.69, 9.17) is 4.74 Å². The number of nitrogens with zero attached hydrogens (tertiary/aromatic N) is 2. The smallest absolute Gasteiger partial charge is 0.278 e. The molecule has 0 fully saturated rings. The number of amidine groups is 1. The Kier molecular flexibility index (Phi) is 7.67. The Morgan fingerprint density at radius 1 is 1.00 bits per heavy atom. The van der Waals surface area contributed by atoms with E-state index < -0.39 is 0 Å². The summed E-state index contributed by atoms with van der Waals surface area (Å²) in [7, 11) is 1.61. The predicted molar refractivity (Wildman–Crippen MR) is 142 cm³/mol. The van der Waals surface area contributed by atoms with Crippen LogP contribution in [0.5, 0.6) is 5.75 Å². The van der Waals surface area contributed by atoms with E-state index in [-0.39, 0.29) is 17.6 Å². The fraction of sp³-hybridized carbons (Fsp3) is 0.179. The van der Waals surface area contributed by atoms with Crippen molar-refractivity contribution < 1.29 is 14.3 Å². The summed E-state index contributed by atoms with van der Waals surface area (Å²) in [4.78, 5) is 32.2. The number of para-hydroxylation sites is 1. The summed E-state index contributed by atoms with van der Waals surface area (Å²) in [5, 5.41) is 3.50. The van der Waals surface area contributed by atoms with Gasteiger partial charge in [0.1, 0.15) is 11.4 Å². The van der Waals surface area contributed by atoms with Crippen molar-refractivity contribution in [3.63, 3.8) is 0 Å². The van der Waals surface area contributed by atoms with Gasteiger partial charge in [-0.1, -0.05) is 72.4 Å². The molecule has 3 aromatic carbocycles. The van der Waals surface area contributed by atoms with Crippen LogP contribution in [0.1, 0.15) is 22.3 Å². The molecule has 35 heavy (non-hydrogen) atoms. The number of nitrogens with one attached hydrogen (secondary N) is 1. The van der Waals surface area contributed by atoms with Gasteiger partial charge < -0.3 is 10.1 Å². The van der Waals surface area contributed by atoms with Crippen molar-refractivity contribution in [3.8, 4) is 5.75 Å². The quantitative estimate of drug-likeness (QED) is 0.454. The molecular weight excluding hydrogens is 458 g/mol. The molecule has 0 saturated heterocycles. The van der Waals surface area contributed by atoms with Crippen molar-refractivity contribution in [3.05, 3.63) is 101 Å². The van der Waals surface area contributed by atoms with Crippen molar-refractivity contribution >= 4 is 40.5 Å². The number of amides is 2. The first-order chi connectivity index (χ1) is 16.9. The predicted octanol–water partition coefficient (Wildman–Crippen LogP) is 5.42. The van der Waals surface area contributed by atoms with Gasteiger partial charge in [0, 0.05) is 5.69 Å². The first-order valence-electron chi connectivity index (χ1n) is 11.2. The Morgan fingerprint density at radius 3 is 2.34 bits per heavy atom. The lowest BCUT2D eigenvalue weighted by Crippen LogP contribution is -2.31. The van der Waals surface area contributed by atoms with E-state index in [0.29, 0.717) is 17.4 Å². The van der Waals surface area contributed by atoms with Gasteiger partial charge in [-0.2, -0.15) is 0 Å². The molecule has 1 aliphatic heterocycles. The normalized spacial score (nSPS) is 14.3. The molecule has 0 spiro atoms. The van der Waals surface area contributed by atoms with Crippen molar-refractivity contribution in [2.45, 2.75) is 20.4 Å². The van der Waals surface area contributed by atoms with Crippen LogP contribution in [-0.4, -0.2) is 34.7 Å². The Labute approximate surface area is 209 Å². The lowest BCUT2D eigenvalue weighted by atomic mass is 10.1. The van der Waals surface area contributed by atoms with E-state index in [9.17, 15) is 9.59 Å². The van der Waals surface area contributed by atoms with Crippen LogP contribution in [-0.2, 0) is 16.1 Å². The number of hydrogen-bond donors (Lipinski definition) is 1. The van der Waals surface area contributed by atoms with Crippen molar-refractivity contribution in [1.82, 2.24) is 4.90 Å². The molecule has 2 amide bonds. The van der Waals surface area contributed by atoms with Crippen LogP contribution in [0, 0.1) is 13.8 Å². The number of methoxy groups -OCH3 is 1. The Bertz CT molecular complexity index is 1260. The van der Waals surface area contributed by atoms with E-state index in [1.807, 2.05) is 86.6 Å². The van der Waals surface area contributed by atoms with Gasteiger partial charge in [0.15, 0.2) is 5.17 Å². The van der Waals surface area contributed by atoms with Crippen LogP contribution in [0.25, 0.3) is 6.08 Å². The topological polar surface area (TPSA) is 71.0 Å². The molecule has 178 valence electrons. The Balaban J connectivity index is 1.53. The molecule has 6 nitrogen and oxygen atoms in total. The largest absolute Gasteiger partial charge is 0.497 e. The molecule has 7 heteroatoms. The number of thioether (sulfide) groups is 1. The molecule has 1 heterocycles. The summed E-state index contributed by atoms with van der Waals surface area (Å²) in [6, 6.07) is 23.1. The van der Waals surface area contributed by atoms with E-state index in [1.54, 1.807) is 18.1 Å². The number of aryl methyl sites for hydroxylation is 2. The minimum atomic E-state index is -0.192. The van der Waals surface area contributed by atoms with Gasteiger partial charge in [-0.25, -0.2) is 4.99 Å². The fourth-order valence-electron chi connectivity index (χ4n) is 3.72. The zero-order valence-electron chi connectivity index (χ0n) is 19.9. The second-order valence-corrected chi connectivity index (χ2v) is 9.12. The maximum atomic E-state index is 13.3. The third kappa shape index (κ3) is 6.00. The number of hydrogen-bond acceptors (Lipinski definition) is 5. The Hall–Kier alpha value is -3.84. The number of carbonyl (C=O) groups is 2. The van der Waals surface area contributed by atoms with E-state index in [0.717, 1.165) is 33.7 Å². The molecular formula is C28H27N3O3S. The highest BCUT2D eigenvalue weighted by Gasteiger charge is 2.31. The van der Waals surface area contributed by atoms with Gasteiger partial charge in [0.05, 0.1) is 19.4 Å².